The molecule has 1 aromatic carbocycles. The molecule has 1 fully saturated rings. The third-order valence-corrected chi connectivity index (χ3v) is 6.10. The van der Waals surface area contributed by atoms with Gasteiger partial charge in [-0.2, -0.15) is 0 Å². The molecule has 1 unspecified atom stereocenters. The van der Waals surface area contributed by atoms with Gasteiger partial charge in [0.1, 0.15) is 0 Å². The van der Waals surface area contributed by atoms with Crippen LogP contribution >= 0.6 is 0 Å². The number of rotatable bonds is 8. The van der Waals surface area contributed by atoms with Gasteiger partial charge in [-0.1, -0.05) is 95.2 Å². The normalized spacial score (nSPS) is 13.8. The summed E-state index contributed by atoms with van der Waals surface area (Å²) < 4.78 is 27.8. The Hall–Kier alpha value is -2.75. The van der Waals surface area contributed by atoms with E-state index in [1.807, 2.05) is 46.8 Å². The summed E-state index contributed by atoms with van der Waals surface area (Å²) in [6, 6.07) is 9.99. The van der Waals surface area contributed by atoms with E-state index in [1.54, 1.807) is 6.92 Å². The van der Waals surface area contributed by atoms with Gasteiger partial charge in [0.15, 0.2) is 0 Å². The Labute approximate surface area is 226 Å². The molecular weight excluding hydrogens is 462 g/mol. The fourth-order valence-corrected chi connectivity index (χ4v) is 4.43. The van der Waals surface area contributed by atoms with Gasteiger partial charge in [0, 0.05) is 18.7 Å². The second-order valence-corrected chi connectivity index (χ2v) is 8.87. The van der Waals surface area contributed by atoms with Crippen molar-refractivity contribution in [3.8, 4) is 0 Å². The van der Waals surface area contributed by atoms with E-state index in [-0.39, 0.29) is 11.6 Å². The summed E-state index contributed by atoms with van der Waals surface area (Å²) >= 11 is 0. The number of aromatic nitrogens is 1. The molecule has 3 rings (SSSR count). The second-order valence-electron chi connectivity index (χ2n) is 8.87. The van der Waals surface area contributed by atoms with Crippen LogP contribution in [0.25, 0.3) is 5.70 Å². The van der Waals surface area contributed by atoms with Crippen LogP contribution < -0.4 is 5.32 Å². The predicted octanol–water partition coefficient (Wildman–Crippen LogP) is 10.5. The topological polar surface area (TPSA) is 24.9 Å². The number of hydrogen-bond acceptors (Lipinski definition) is 2. The molecule has 0 spiro atoms. The highest BCUT2D eigenvalue weighted by molar-refractivity contribution is 5.63. The van der Waals surface area contributed by atoms with Gasteiger partial charge in [-0.05, 0) is 63.1 Å². The molecule has 4 heteroatoms. The minimum absolute atomic E-state index is 0.00317. The largest absolute Gasteiger partial charge is 0.377 e. The van der Waals surface area contributed by atoms with E-state index in [1.165, 1.54) is 49.1 Å². The first-order chi connectivity index (χ1) is 17.7. The first kappa shape index (κ1) is 34.2. The lowest BCUT2D eigenvalue weighted by Crippen LogP contribution is -2.27. The van der Waals surface area contributed by atoms with Crippen LogP contribution in [0.5, 0.6) is 0 Å². The smallest absolute Gasteiger partial charge is 0.270 e. The Bertz CT molecular complexity index is 951. The maximum absolute atomic E-state index is 13.9. The fraction of sp³-hybridized carbons (Fsp3) is 0.485. The molecule has 0 aliphatic heterocycles. The van der Waals surface area contributed by atoms with Crippen molar-refractivity contribution in [2.75, 3.05) is 0 Å². The van der Waals surface area contributed by atoms with Crippen molar-refractivity contribution < 1.29 is 8.78 Å². The molecule has 0 bridgehead atoms. The van der Waals surface area contributed by atoms with E-state index in [9.17, 15) is 8.78 Å². The summed E-state index contributed by atoms with van der Waals surface area (Å²) in [5.74, 6) is -2.39. The van der Waals surface area contributed by atoms with Crippen molar-refractivity contribution in [1.82, 2.24) is 10.3 Å². The maximum atomic E-state index is 13.9. The SMILES string of the molecule is C=C(NC(c1cccc(C)c1)C1CCCC1)c1nccc(C(C)(F)F)c1C.C=CCC=CC.CC.CC. The maximum Gasteiger partial charge on any atom is 0.270 e. The van der Waals surface area contributed by atoms with Crippen molar-refractivity contribution in [1.29, 1.82) is 0 Å². The number of aryl methyl sites for hydroxylation is 1. The molecule has 1 N–H and O–H groups in total. The number of nitrogens with one attached hydrogen (secondary N) is 1. The lowest BCUT2D eigenvalue weighted by molar-refractivity contribution is 0.0167. The van der Waals surface area contributed by atoms with Crippen LogP contribution in [0, 0.1) is 19.8 Å². The number of pyridine rings is 1. The first-order valence-corrected chi connectivity index (χ1v) is 13.8. The number of benzene rings is 1. The number of allylic oxidation sites excluding steroid dienone is 3. The lowest BCUT2D eigenvalue weighted by atomic mass is 9.90. The van der Waals surface area contributed by atoms with Gasteiger partial charge >= 0.3 is 0 Å². The van der Waals surface area contributed by atoms with E-state index in [2.05, 4.69) is 60.7 Å². The molecular formula is C33H50F2N2. The van der Waals surface area contributed by atoms with Crippen molar-refractivity contribution >= 4 is 5.70 Å². The summed E-state index contributed by atoms with van der Waals surface area (Å²) in [6.07, 6.45) is 13.2. The van der Waals surface area contributed by atoms with Gasteiger partial charge in [-0.15, -0.1) is 6.58 Å². The van der Waals surface area contributed by atoms with Gasteiger partial charge in [0.05, 0.1) is 17.4 Å². The van der Waals surface area contributed by atoms with Crippen LogP contribution in [0.4, 0.5) is 8.78 Å². The Morgan fingerprint density at radius 3 is 2.24 bits per heavy atom. The van der Waals surface area contributed by atoms with Crippen LogP contribution in [-0.4, -0.2) is 4.98 Å². The molecule has 1 saturated carbocycles. The Kier molecular flexibility index (Phi) is 17.1. The standard InChI is InChI=1S/C23H28F2N2.C6H10.2C2H6/c1-15-8-7-11-19(14-15)22(18-9-5-6-10-18)27-17(3)21-16(2)20(12-13-26-21)23(4,24)25;1-3-5-6-4-2;2*1-2/h7-8,11-14,18,22,27H,3,5-6,9-10H2,1-2,4H3;3-4,6H,1,5H2,2H3;2*1-2H3. The third-order valence-electron chi connectivity index (χ3n) is 6.10. The highest BCUT2D eigenvalue weighted by Gasteiger charge is 2.30. The number of nitrogens with zero attached hydrogens (tertiary/aromatic N) is 1. The van der Waals surface area contributed by atoms with Crippen LogP contribution in [0.2, 0.25) is 0 Å². The molecule has 0 amide bonds. The molecule has 2 nitrogen and oxygen atoms in total. The Morgan fingerprint density at radius 2 is 1.76 bits per heavy atom. The summed E-state index contributed by atoms with van der Waals surface area (Å²) in [7, 11) is 0. The average molecular weight is 513 g/mol. The van der Waals surface area contributed by atoms with Crippen molar-refractivity contribution in [2.45, 2.75) is 99.5 Å². The van der Waals surface area contributed by atoms with E-state index in [4.69, 9.17) is 0 Å². The molecule has 206 valence electrons. The molecule has 1 aliphatic rings. The summed E-state index contributed by atoms with van der Waals surface area (Å²) in [5, 5.41) is 3.54. The molecule has 1 heterocycles. The third kappa shape index (κ3) is 11.5. The summed E-state index contributed by atoms with van der Waals surface area (Å²) in [6.45, 7) is 22.4. The van der Waals surface area contributed by atoms with Gasteiger partial charge in [-0.25, -0.2) is 8.78 Å². The van der Waals surface area contributed by atoms with Crippen LogP contribution in [0.1, 0.15) is 108 Å². The van der Waals surface area contributed by atoms with E-state index < -0.39 is 5.92 Å². The van der Waals surface area contributed by atoms with Gasteiger partial charge in [0.2, 0.25) is 0 Å². The summed E-state index contributed by atoms with van der Waals surface area (Å²) in [4.78, 5) is 4.35. The fourth-order valence-electron chi connectivity index (χ4n) is 4.43. The van der Waals surface area contributed by atoms with E-state index in [0.717, 1.165) is 13.3 Å². The Morgan fingerprint density at radius 1 is 1.14 bits per heavy atom. The Balaban J connectivity index is 0.00000112. The van der Waals surface area contributed by atoms with Gasteiger partial charge in [0.25, 0.3) is 5.92 Å². The minimum Gasteiger partial charge on any atom is -0.377 e. The molecule has 2 aromatic rings. The highest BCUT2D eigenvalue weighted by Crippen LogP contribution is 2.38. The zero-order valence-electron chi connectivity index (χ0n) is 24.5. The molecule has 1 aliphatic carbocycles. The van der Waals surface area contributed by atoms with Gasteiger partial charge < -0.3 is 5.32 Å². The number of halogens is 2. The quantitative estimate of drug-likeness (QED) is 0.356. The number of alkyl halides is 2. The molecule has 1 atom stereocenters. The lowest BCUT2D eigenvalue weighted by Gasteiger charge is -2.28. The zero-order chi connectivity index (χ0) is 28.4. The predicted molar refractivity (Wildman–Crippen MR) is 159 cm³/mol. The van der Waals surface area contributed by atoms with Crippen LogP contribution in [0.3, 0.4) is 0 Å². The highest BCUT2D eigenvalue weighted by atomic mass is 19.3. The van der Waals surface area contributed by atoms with Crippen molar-refractivity contribution in [3.05, 3.63) is 95.9 Å². The number of hydrogen-bond donors (Lipinski definition) is 1. The summed E-state index contributed by atoms with van der Waals surface area (Å²) in [5.41, 5.74) is 4.05. The second kappa shape index (κ2) is 18.5. The molecule has 1 aromatic heterocycles. The monoisotopic (exact) mass is 512 g/mol. The minimum atomic E-state index is -2.90. The molecule has 37 heavy (non-hydrogen) atoms. The zero-order valence-corrected chi connectivity index (χ0v) is 24.5. The van der Waals surface area contributed by atoms with Crippen LogP contribution in [-0.2, 0) is 5.92 Å². The van der Waals surface area contributed by atoms with E-state index in [0.29, 0.717) is 22.9 Å². The van der Waals surface area contributed by atoms with Crippen molar-refractivity contribution in [2.24, 2.45) is 5.92 Å². The molecule has 0 radical (unpaired) electrons. The molecule has 0 saturated heterocycles. The van der Waals surface area contributed by atoms with E-state index >= 15 is 0 Å². The first-order valence-electron chi connectivity index (χ1n) is 13.8. The average Bonchev–Trinajstić information content (AvgIpc) is 3.43. The van der Waals surface area contributed by atoms with Crippen LogP contribution in [0.15, 0.2) is 67.9 Å². The van der Waals surface area contributed by atoms with Crippen molar-refractivity contribution in [3.63, 3.8) is 0 Å². The van der Waals surface area contributed by atoms with Gasteiger partial charge in [-0.3, -0.25) is 4.98 Å².